The van der Waals surface area contributed by atoms with Crippen molar-refractivity contribution in [3.8, 4) is 17.1 Å². The van der Waals surface area contributed by atoms with Crippen molar-refractivity contribution in [2.75, 3.05) is 0 Å². The van der Waals surface area contributed by atoms with Crippen LogP contribution in [0.15, 0.2) is 24.3 Å². The fraction of sp³-hybridized carbons (Fsp3) is 0. The smallest absolute Gasteiger partial charge is 0.371 e. The molecule has 2 rings (SSSR count). The predicted molar refractivity (Wildman–Crippen MR) is 53.3 cm³/mol. The summed E-state index contributed by atoms with van der Waals surface area (Å²) >= 11 is 0. The molecule has 16 heavy (non-hydrogen) atoms. The lowest BCUT2D eigenvalue weighted by atomic mass is 10.2. The lowest BCUT2D eigenvalue weighted by Gasteiger charge is -2.02. The highest BCUT2D eigenvalue weighted by Gasteiger charge is 2.08. The molecule has 0 radical (unpaired) electrons. The number of benzene rings is 1. The molecule has 3 N–H and O–H groups in total. The molecule has 0 saturated carbocycles. The zero-order chi connectivity index (χ0) is 11.6. The van der Waals surface area contributed by atoms with Crippen molar-refractivity contribution in [2.45, 2.75) is 0 Å². The minimum atomic E-state index is -4.03. The molecule has 0 aliphatic heterocycles. The van der Waals surface area contributed by atoms with Crippen LogP contribution in [0.25, 0.3) is 11.4 Å². The summed E-state index contributed by atoms with van der Waals surface area (Å²) in [6.45, 7) is 0. The maximum Gasteiger partial charge on any atom is 0.380 e. The van der Waals surface area contributed by atoms with Gasteiger partial charge in [0.2, 0.25) is 5.82 Å². The van der Waals surface area contributed by atoms with Crippen LogP contribution in [-0.2, 0) is 10.3 Å². The monoisotopic (exact) mass is 241 g/mol. The van der Waals surface area contributed by atoms with E-state index in [0.29, 0.717) is 11.4 Å². The fourth-order valence-corrected chi connectivity index (χ4v) is 1.48. The highest BCUT2D eigenvalue weighted by molar-refractivity contribution is 7.84. The van der Waals surface area contributed by atoms with E-state index in [1.807, 2.05) is 0 Å². The summed E-state index contributed by atoms with van der Waals surface area (Å²) < 4.78 is 25.9. The molecule has 0 unspecified atom stereocenters. The Kier molecular flexibility index (Phi) is 2.54. The molecule has 0 aliphatic carbocycles. The van der Waals surface area contributed by atoms with Crippen molar-refractivity contribution in [3.05, 3.63) is 24.3 Å². The van der Waals surface area contributed by atoms with Crippen LogP contribution in [0.3, 0.4) is 0 Å². The van der Waals surface area contributed by atoms with Crippen LogP contribution in [0.4, 0.5) is 0 Å². The lowest BCUT2D eigenvalue weighted by Crippen LogP contribution is -2.18. The summed E-state index contributed by atoms with van der Waals surface area (Å²) in [6, 6.07) is 6.16. The van der Waals surface area contributed by atoms with Gasteiger partial charge in [-0.25, -0.2) is 0 Å². The Morgan fingerprint density at radius 1 is 1.38 bits per heavy atom. The molecular formula is C7H7N5O3S. The van der Waals surface area contributed by atoms with Gasteiger partial charge in [0.1, 0.15) is 5.75 Å². The lowest BCUT2D eigenvalue weighted by molar-refractivity contribution is 0.488. The van der Waals surface area contributed by atoms with Gasteiger partial charge in [0.15, 0.2) is 0 Å². The van der Waals surface area contributed by atoms with Crippen molar-refractivity contribution >= 4 is 10.3 Å². The van der Waals surface area contributed by atoms with Crippen molar-refractivity contribution in [1.29, 1.82) is 0 Å². The highest BCUT2D eigenvalue weighted by Crippen LogP contribution is 2.20. The summed E-state index contributed by atoms with van der Waals surface area (Å²) in [5.74, 6) is 0.421. The summed E-state index contributed by atoms with van der Waals surface area (Å²) in [6.07, 6.45) is 0. The molecule has 84 valence electrons. The van der Waals surface area contributed by atoms with Gasteiger partial charge in [0.25, 0.3) is 0 Å². The first-order valence-electron chi connectivity index (χ1n) is 4.11. The van der Waals surface area contributed by atoms with E-state index in [9.17, 15) is 8.42 Å². The van der Waals surface area contributed by atoms with Crippen molar-refractivity contribution < 1.29 is 12.6 Å². The predicted octanol–water partition coefficient (Wildman–Crippen LogP) is -0.551. The SMILES string of the molecule is NS(=O)(=O)Oc1cccc(-c2nn[nH]n2)c1. The second-order valence-electron chi connectivity index (χ2n) is 2.84. The van der Waals surface area contributed by atoms with E-state index >= 15 is 0 Å². The molecule has 1 aromatic carbocycles. The van der Waals surface area contributed by atoms with E-state index < -0.39 is 10.3 Å². The first-order valence-corrected chi connectivity index (χ1v) is 5.58. The Hall–Kier alpha value is -2.00. The molecule has 0 bridgehead atoms. The molecule has 1 heterocycles. The molecule has 8 nitrogen and oxygen atoms in total. The first-order chi connectivity index (χ1) is 7.54. The van der Waals surface area contributed by atoms with Crippen LogP contribution < -0.4 is 9.32 Å². The number of hydrogen-bond acceptors (Lipinski definition) is 6. The molecule has 0 saturated heterocycles. The van der Waals surface area contributed by atoms with Crippen LogP contribution in [0, 0.1) is 0 Å². The topological polar surface area (TPSA) is 124 Å². The van der Waals surface area contributed by atoms with Gasteiger partial charge in [0, 0.05) is 5.56 Å². The molecule has 1 aromatic heterocycles. The zero-order valence-electron chi connectivity index (χ0n) is 7.86. The molecule has 0 spiro atoms. The molecule has 0 fully saturated rings. The third-order valence-electron chi connectivity index (χ3n) is 1.65. The van der Waals surface area contributed by atoms with Crippen LogP contribution >= 0.6 is 0 Å². The van der Waals surface area contributed by atoms with Crippen LogP contribution in [0.2, 0.25) is 0 Å². The second kappa shape index (κ2) is 3.87. The average Bonchev–Trinajstić information content (AvgIpc) is 2.68. The third kappa shape index (κ3) is 2.52. The van der Waals surface area contributed by atoms with E-state index in [4.69, 9.17) is 5.14 Å². The molecule has 0 amide bonds. The Morgan fingerprint density at radius 2 is 2.19 bits per heavy atom. The summed E-state index contributed by atoms with van der Waals surface area (Å²) in [7, 11) is -4.03. The Morgan fingerprint density at radius 3 is 2.81 bits per heavy atom. The maximum absolute atomic E-state index is 10.7. The molecule has 0 atom stereocenters. The number of aromatic amines is 1. The van der Waals surface area contributed by atoms with E-state index in [2.05, 4.69) is 24.8 Å². The molecule has 2 aromatic rings. The molecule has 9 heteroatoms. The Balaban J connectivity index is 2.34. The Labute approximate surface area is 90.7 Å². The number of nitrogens with zero attached hydrogens (tertiary/aromatic N) is 3. The molecular weight excluding hydrogens is 234 g/mol. The van der Waals surface area contributed by atoms with Gasteiger partial charge in [-0.3, -0.25) is 0 Å². The average molecular weight is 241 g/mol. The van der Waals surface area contributed by atoms with Crippen LogP contribution in [0.5, 0.6) is 5.75 Å². The van der Waals surface area contributed by atoms with Crippen molar-refractivity contribution in [2.24, 2.45) is 5.14 Å². The van der Waals surface area contributed by atoms with Crippen LogP contribution in [0.1, 0.15) is 0 Å². The summed E-state index contributed by atoms with van der Waals surface area (Å²) in [5, 5.41) is 17.9. The van der Waals surface area contributed by atoms with E-state index in [1.165, 1.54) is 12.1 Å². The maximum atomic E-state index is 10.7. The number of tetrazole rings is 1. The largest absolute Gasteiger partial charge is 0.380 e. The third-order valence-corrected chi connectivity index (χ3v) is 2.07. The number of nitrogens with one attached hydrogen (secondary N) is 1. The van der Waals surface area contributed by atoms with Crippen molar-refractivity contribution in [3.63, 3.8) is 0 Å². The van der Waals surface area contributed by atoms with E-state index in [1.54, 1.807) is 12.1 Å². The fourth-order valence-electron chi connectivity index (χ4n) is 1.11. The normalized spacial score (nSPS) is 11.3. The Bertz CT molecular complexity index is 580. The van der Waals surface area contributed by atoms with E-state index in [-0.39, 0.29) is 5.75 Å². The van der Waals surface area contributed by atoms with Crippen molar-refractivity contribution in [1.82, 2.24) is 20.6 Å². The minimum Gasteiger partial charge on any atom is -0.371 e. The van der Waals surface area contributed by atoms with Gasteiger partial charge < -0.3 is 4.18 Å². The number of aromatic nitrogens is 4. The standard InChI is InChI=1S/C7H7N5O3S/c8-16(13,14)15-6-3-1-2-5(4-6)7-9-11-12-10-7/h1-4H,(H2,8,13,14)(H,9,10,11,12). The highest BCUT2D eigenvalue weighted by atomic mass is 32.2. The van der Waals surface area contributed by atoms with Gasteiger partial charge in [-0.1, -0.05) is 12.1 Å². The van der Waals surface area contributed by atoms with Gasteiger partial charge in [0.05, 0.1) is 0 Å². The quantitative estimate of drug-likeness (QED) is 0.742. The summed E-state index contributed by atoms with van der Waals surface area (Å²) in [5.41, 5.74) is 0.565. The number of rotatable bonds is 3. The van der Waals surface area contributed by atoms with Gasteiger partial charge in [-0.05, 0) is 17.3 Å². The van der Waals surface area contributed by atoms with E-state index in [0.717, 1.165) is 0 Å². The van der Waals surface area contributed by atoms with Gasteiger partial charge in [-0.15, -0.1) is 10.2 Å². The minimum absolute atomic E-state index is 0.0878. The number of nitrogens with two attached hydrogens (primary N) is 1. The number of H-pyrrole nitrogens is 1. The second-order valence-corrected chi connectivity index (χ2v) is 3.99. The summed E-state index contributed by atoms with van der Waals surface area (Å²) in [4.78, 5) is 0. The first kappa shape index (κ1) is 10.5. The molecule has 0 aliphatic rings. The van der Waals surface area contributed by atoms with Crippen LogP contribution in [-0.4, -0.2) is 29.0 Å². The number of hydrogen-bond donors (Lipinski definition) is 2. The van der Waals surface area contributed by atoms with Gasteiger partial charge in [-0.2, -0.15) is 18.8 Å². The van der Waals surface area contributed by atoms with Gasteiger partial charge >= 0.3 is 10.3 Å². The zero-order valence-corrected chi connectivity index (χ0v) is 8.68.